The molecule has 0 atom stereocenters. The predicted octanol–water partition coefficient (Wildman–Crippen LogP) is 3.29. The lowest BCUT2D eigenvalue weighted by Crippen LogP contribution is -2.25. The van der Waals surface area contributed by atoms with Crippen LogP contribution in [0.3, 0.4) is 0 Å². The summed E-state index contributed by atoms with van der Waals surface area (Å²) in [5.41, 5.74) is 0.558. The summed E-state index contributed by atoms with van der Waals surface area (Å²) >= 11 is 0. The number of esters is 1. The van der Waals surface area contributed by atoms with Gasteiger partial charge in [-0.3, -0.25) is 10.1 Å². The summed E-state index contributed by atoms with van der Waals surface area (Å²) in [4.78, 5) is 22.1. The van der Waals surface area contributed by atoms with Gasteiger partial charge in [-0.15, -0.1) is 0 Å². The van der Waals surface area contributed by atoms with E-state index < -0.39 is 10.9 Å². The SMILES string of the molecule is CC1(C)Cc2cccc(OCC(=O)Oc3cccc([N+](=O)[O-])c3)c2O1. The lowest BCUT2D eigenvalue weighted by Gasteiger charge is -2.18. The maximum atomic E-state index is 11.9. The summed E-state index contributed by atoms with van der Waals surface area (Å²) < 4.78 is 16.5. The Hall–Kier alpha value is -3.09. The van der Waals surface area contributed by atoms with Gasteiger partial charge in [-0.25, -0.2) is 4.79 Å². The lowest BCUT2D eigenvalue weighted by molar-refractivity contribution is -0.384. The van der Waals surface area contributed by atoms with Crippen molar-refractivity contribution in [2.75, 3.05) is 6.61 Å². The molecule has 0 radical (unpaired) electrons. The third kappa shape index (κ3) is 3.88. The number of hydrogen-bond donors (Lipinski definition) is 0. The standard InChI is InChI=1S/C18H17NO6/c1-18(2)10-12-5-3-8-15(17(12)25-18)23-11-16(20)24-14-7-4-6-13(9-14)19(21)22/h3-9H,10-11H2,1-2H3. The first-order chi connectivity index (χ1) is 11.8. The number of ether oxygens (including phenoxy) is 3. The van der Waals surface area contributed by atoms with Crippen molar-refractivity contribution in [3.05, 3.63) is 58.1 Å². The number of nitro benzene ring substituents is 1. The fourth-order valence-electron chi connectivity index (χ4n) is 2.66. The highest BCUT2D eigenvalue weighted by atomic mass is 16.6. The summed E-state index contributed by atoms with van der Waals surface area (Å²) in [5.74, 6) is 0.545. The van der Waals surface area contributed by atoms with Crippen LogP contribution in [0.25, 0.3) is 0 Å². The van der Waals surface area contributed by atoms with Crippen molar-refractivity contribution in [3.8, 4) is 17.2 Å². The van der Waals surface area contributed by atoms with E-state index in [4.69, 9.17) is 14.2 Å². The smallest absolute Gasteiger partial charge is 0.349 e. The Labute approximate surface area is 144 Å². The van der Waals surface area contributed by atoms with Gasteiger partial charge in [0, 0.05) is 18.1 Å². The van der Waals surface area contributed by atoms with Crippen molar-refractivity contribution in [1.82, 2.24) is 0 Å². The van der Waals surface area contributed by atoms with Gasteiger partial charge in [0.05, 0.1) is 11.0 Å². The zero-order valence-corrected chi connectivity index (χ0v) is 13.9. The minimum Gasteiger partial charge on any atom is -0.483 e. The molecule has 0 aliphatic carbocycles. The number of fused-ring (bicyclic) bond motifs is 1. The number of hydrogen-bond acceptors (Lipinski definition) is 6. The summed E-state index contributed by atoms with van der Waals surface area (Å²) in [5, 5.41) is 10.7. The Morgan fingerprint density at radius 1 is 1.28 bits per heavy atom. The maximum Gasteiger partial charge on any atom is 0.349 e. The average Bonchev–Trinajstić information content (AvgIpc) is 2.87. The Morgan fingerprint density at radius 2 is 2.04 bits per heavy atom. The quantitative estimate of drug-likeness (QED) is 0.358. The van der Waals surface area contributed by atoms with E-state index >= 15 is 0 Å². The van der Waals surface area contributed by atoms with E-state index in [-0.39, 0.29) is 23.6 Å². The number of para-hydroxylation sites is 1. The van der Waals surface area contributed by atoms with E-state index in [9.17, 15) is 14.9 Å². The molecule has 0 N–H and O–H groups in total. The minimum absolute atomic E-state index is 0.0958. The van der Waals surface area contributed by atoms with Crippen LogP contribution in [0.5, 0.6) is 17.2 Å². The number of rotatable bonds is 5. The van der Waals surface area contributed by atoms with Gasteiger partial charge in [-0.2, -0.15) is 0 Å². The lowest BCUT2D eigenvalue weighted by atomic mass is 10.0. The number of nitrogens with zero attached hydrogens (tertiary/aromatic N) is 1. The molecule has 0 aromatic heterocycles. The summed E-state index contributed by atoms with van der Waals surface area (Å²) in [6.07, 6.45) is 0.762. The van der Waals surface area contributed by atoms with Crippen LogP contribution in [0.1, 0.15) is 19.4 Å². The van der Waals surface area contributed by atoms with Crippen molar-refractivity contribution < 1.29 is 23.9 Å². The fraction of sp³-hybridized carbons (Fsp3) is 0.278. The molecule has 25 heavy (non-hydrogen) atoms. The van der Waals surface area contributed by atoms with Gasteiger partial charge in [0.2, 0.25) is 0 Å². The number of nitro groups is 1. The molecule has 3 rings (SSSR count). The average molecular weight is 343 g/mol. The molecule has 0 spiro atoms. The van der Waals surface area contributed by atoms with E-state index in [0.29, 0.717) is 11.5 Å². The Kier molecular flexibility index (Phi) is 4.31. The van der Waals surface area contributed by atoms with E-state index in [0.717, 1.165) is 12.0 Å². The van der Waals surface area contributed by atoms with Crippen molar-refractivity contribution >= 4 is 11.7 Å². The van der Waals surface area contributed by atoms with Crippen LogP contribution in [0.15, 0.2) is 42.5 Å². The molecule has 0 amide bonds. The molecule has 7 heteroatoms. The van der Waals surface area contributed by atoms with Crippen LogP contribution in [0.2, 0.25) is 0 Å². The largest absolute Gasteiger partial charge is 0.483 e. The van der Waals surface area contributed by atoms with Crippen LogP contribution in [-0.2, 0) is 11.2 Å². The second-order valence-electron chi connectivity index (χ2n) is 6.30. The molecule has 1 aliphatic rings. The molecular weight excluding hydrogens is 326 g/mol. The number of benzene rings is 2. The molecule has 0 bridgehead atoms. The molecule has 130 valence electrons. The molecule has 0 unspecified atom stereocenters. The molecular formula is C18H17NO6. The van der Waals surface area contributed by atoms with Crippen LogP contribution < -0.4 is 14.2 Å². The Balaban J connectivity index is 1.64. The van der Waals surface area contributed by atoms with Gasteiger partial charge < -0.3 is 14.2 Å². The van der Waals surface area contributed by atoms with Crippen molar-refractivity contribution in [3.63, 3.8) is 0 Å². The van der Waals surface area contributed by atoms with Crippen molar-refractivity contribution in [1.29, 1.82) is 0 Å². The molecule has 0 saturated carbocycles. The normalized spacial score (nSPS) is 14.3. The monoisotopic (exact) mass is 343 g/mol. The topological polar surface area (TPSA) is 87.9 Å². The van der Waals surface area contributed by atoms with E-state index in [2.05, 4.69) is 0 Å². The van der Waals surface area contributed by atoms with Gasteiger partial charge >= 0.3 is 5.97 Å². The molecule has 7 nitrogen and oxygen atoms in total. The first-order valence-electron chi connectivity index (χ1n) is 7.73. The fourth-order valence-corrected chi connectivity index (χ4v) is 2.66. The van der Waals surface area contributed by atoms with Crippen molar-refractivity contribution in [2.24, 2.45) is 0 Å². The first-order valence-corrected chi connectivity index (χ1v) is 7.73. The van der Waals surface area contributed by atoms with Gasteiger partial charge in [-0.1, -0.05) is 18.2 Å². The van der Waals surface area contributed by atoms with Gasteiger partial charge in [0.15, 0.2) is 18.1 Å². The van der Waals surface area contributed by atoms with Gasteiger partial charge in [-0.05, 0) is 26.0 Å². The van der Waals surface area contributed by atoms with Gasteiger partial charge in [0.1, 0.15) is 11.4 Å². The minimum atomic E-state index is -0.657. The summed E-state index contributed by atoms with van der Waals surface area (Å²) in [6.45, 7) is 3.63. The molecule has 2 aromatic rings. The summed E-state index contributed by atoms with van der Waals surface area (Å²) in [7, 11) is 0. The van der Waals surface area contributed by atoms with E-state index in [1.54, 1.807) is 6.07 Å². The third-order valence-electron chi connectivity index (χ3n) is 3.66. The highest BCUT2D eigenvalue weighted by Crippen LogP contribution is 2.41. The third-order valence-corrected chi connectivity index (χ3v) is 3.66. The molecule has 0 saturated heterocycles. The van der Waals surface area contributed by atoms with Crippen molar-refractivity contribution in [2.45, 2.75) is 25.9 Å². The Morgan fingerprint density at radius 3 is 2.80 bits per heavy atom. The number of carbonyl (C=O) groups is 1. The van der Waals surface area contributed by atoms with E-state index in [1.807, 2.05) is 26.0 Å². The molecule has 2 aromatic carbocycles. The highest BCUT2D eigenvalue weighted by Gasteiger charge is 2.32. The summed E-state index contributed by atoms with van der Waals surface area (Å²) in [6, 6.07) is 10.9. The van der Waals surface area contributed by atoms with Gasteiger partial charge in [0.25, 0.3) is 5.69 Å². The first kappa shape index (κ1) is 16.8. The second kappa shape index (κ2) is 6.43. The van der Waals surface area contributed by atoms with Crippen LogP contribution in [0, 0.1) is 10.1 Å². The Bertz CT molecular complexity index is 830. The number of non-ortho nitro benzene ring substituents is 1. The molecule has 1 aliphatic heterocycles. The predicted molar refractivity (Wildman–Crippen MR) is 89.1 cm³/mol. The zero-order valence-electron chi connectivity index (χ0n) is 13.9. The second-order valence-corrected chi connectivity index (χ2v) is 6.30. The molecule has 1 heterocycles. The molecule has 0 fully saturated rings. The van der Waals surface area contributed by atoms with Crippen LogP contribution in [0.4, 0.5) is 5.69 Å². The van der Waals surface area contributed by atoms with E-state index in [1.165, 1.54) is 24.3 Å². The number of carbonyl (C=O) groups excluding carboxylic acids is 1. The zero-order chi connectivity index (χ0) is 18.0. The van der Waals surface area contributed by atoms with Crippen LogP contribution in [-0.4, -0.2) is 23.1 Å². The highest BCUT2D eigenvalue weighted by molar-refractivity contribution is 5.74. The van der Waals surface area contributed by atoms with Crippen LogP contribution >= 0.6 is 0 Å². The maximum absolute atomic E-state index is 11.9.